The lowest BCUT2D eigenvalue weighted by molar-refractivity contribution is 0.164. The first kappa shape index (κ1) is 16.7. The first-order valence-corrected chi connectivity index (χ1v) is 7.20. The minimum Gasteiger partial charge on any atom is -0.497 e. The van der Waals surface area contributed by atoms with Crippen LogP contribution < -0.4 is 10.5 Å². The molecule has 0 bridgehead atoms. The summed E-state index contributed by atoms with van der Waals surface area (Å²) in [5.74, 6) is 0.853. The molecule has 2 N–H and O–H groups in total. The Morgan fingerprint density at radius 1 is 1.35 bits per heavy atom. The van der Waals surface area contributed by atoms with Gasteiger partial charge >= 0.3 is 0 Å². The zero-order valence-electron chi connectivity index (χ0n) is 13.2. The van der Waals surface area contributed by atoms with E-state index in [1.54, 1.807) is 7.11 Å². The lowest BCUT2D eigenvalue weighted by Crippen LogP contribution is -2.53. The van der Waals surface area contributed by atoms with E-state index < -0.39 is 5.54 Å². The van der Waals surface area contributed by atoms with Crippen LogP contribution in [0.25, 0.3) is 0 Å². The third-order valence-electron chi connectivity index (χ3n) is 3.89. The predicted octanol–water partition coefficient (Wildman–Crippen LogP) is 3.16. The summed E-state index contributed by atoms with van der Waals surface area (Å²) in [6.45, 7) is 6.08. The van der Waals surface area contributed by atoms with Gasteiger partial charge < -0.3 is 15.4 Å². The molecule has 0 aromatic heterocycles. The summed E-state index contributed by atoms with van der Waals surface area (Å²) in [6.07, 6.45) is 4.83. The smallest absolute Gasteiger partial charge is 0.118 e. The highest BCUT2D eigenvalue weighted by molar-refractivity contribution is 5.33. The average Bonchev–Trinajstić information content (AvgIpc) is 2.44. The van der Waals surface area contributed by atoms with Crippen molar-refractivity contribution in [1.29, 1.82) is 0 Å². The summed E-state index contributed by atoms with van der Waals surface area (Å²) in [7, 11) is 5.86. The first-order valence-electron chi connectivity index (χ1n) is 7.20. The van der Waals surface area contributed by atoms with E-state index in [1.807, 2.05) is 18.2 Å². The zero-order valence-corrected chi connectivity index (χ0v) is 13.2. The van der Waals surface area contributed by atoms with Gasteiger partial charge in [-0.1, -0.05) is 31.6 Å². The second kappa shape index (κ2) is 7.46. The molecule has 2 atom stereocenters. The molecule has 3 nitrogen and oxygen atoms in total. The molecule has 0 heterocycles. The monoisotopic (exact) mass is 276 g/mol. The van der Waals surface area contributed by atoms with Gasteiger partial charge in [0, 0.05) is 6.04 Å². The number of ether oxygens (including phenoxy) is 1. The number of methoxy groups -OCH3 is 1. The maximum atomic E-state index is 6.80. The highest BCUT2D eigenvalue weighted by Gasteiger charge is 2.36. The zero-order chi connectivity index (χ0) is 15.2. The van der Waals surface area contributed by atoms with Crippen LogP contribution in [0.5, 0.6) is 5.75 Å². The molecular weight excluding hydrogens is 248 g/mol. The van der Waals surface area contributed by atoms with Crippen LogP contribution in [0.2, 0.25) is 0 Å². The number of likely N-dealkylation sites (N-methyl/N-ethyl adjacent to an activating group) is 1. The number of rotatable bonds is 8. The minimum atomic E-state index is -0.423. The van der Waals surface area contributed by atoms with E-state index in [0.717, 1.165) is 30.6 Å². The molecule has 112 valence electrons. The fraction of sp³-hybridized carbons (Fsp3) is 0.529. The molecule has 1 rings (SSSR count). The van der Waals surface area contributed by atoms with Gasteiger partial charge in [-0.2, -0.15) is 0 Å². The number of hydrogen-bond donors (Lipinski definition) is 1. The van der Waals surface area contributed by atoms with Gasteiger partial charge in [-0.05, 0) is 44.6 Å². The van der Waals surface area contributed by atoms with Crippen molar-refractivity contribution in [2.75, 3.05) is 21.2 Å². The van der Waals surface area contributed by atoms with Crippen molar-refractivity contribution in [2.45, 2.75) is 37.8 Å². The van der Waals surface area contributed by atoms with Gasteiger partial charge in [0.25, 0.3) is 0 Å². The van der Waals surface area contributed by atoms with E-state index in [9.17, 15) is 0 Å². The summed E-state index contributed by atoms with van der Waals surface area (Å²) in [5, 5.41) is 0. The van der Waals surface area contributed by atoms with E-state index in [2.05, 4.69) is 44.6 Å². The maximum absolute atomic E-state index is 6.80. The van der Waals surface area contributed by atoms with Crippen molar-refractivity contribution < 1.29 is 4.74 Å². The van der Waals surface area contributed by atoms with Gasteiger partial charge in [0.05, 0.1) is 12.6 Å². The molecule has 2 unspecified atom stereocenters. The molecule has 0 fully saturated rings. The molecule has 0 spiro atoms. The Morgan fingerprint density at radius 2 is 1.95 bits per heavy atom. The van der Waals surface area contributed by atoms with E-state index >= 15 is 0 Å². The Balaban J connectivity index is 3.19. The average molecular weight is 276 g/mol. The van der Waals surface area contributed by atoms with E-state index in [-0.39, 0.29) is 6.04 Å². The summed E-state index contributed by atoms with van der Waals surface area (Å²) >= 11 is 0. The Morgan fingerprint density at radius 3 is 2.35 bits per heavy atom. The first-order chi connectivity index (χ1) is 9.49. The van der Waals surface area contributed by atoms with Crippen molar-refractivity contribution in [3.8, 4) is 5.75 Å². The van der Waals surface area contributed by atoms with Crippen molar-refractivity contribution in [1.82, 2.24) is 4.90 Å². The Kier molecular flexibility index (Phi) is 6.24. The number of benzene rings is 1. The van der Waals surface area contributed by atoms with Gasteiger partial charge in [0.15, 0.2) is 0 Å². The van der Waals surface area contributed by atoms with Crippen LogP contribution in [0.3, 0.4) is 0 Å². The second-order valence-electron chi connectivity index (χ2n) is 5.53. The normalized spacial score (nSPS) is 15.7. The molecule has 0 saturated heterocycles. The molecule has 0 aliphatic heterocycles. The van der Waals surface area contributed by atoms with Gasteiger partial charge in [0.2, 0.25) is 0 Å². The van der Waals surface area contributed by atoms with Crippen LogP contribution in [-0.4, -0.2) is 32.1 Å². The van der Waals surface area contributed by atoms with Gasteiger partial charge in [-0.3, -0.25) is 0 Å². The van der Waals surface area contributed by atoms with E-state index in [1.165, 1.54) is 0 Å². The van der Waals surface area contributed by atoms with Gasteiger partial charge in [0.1, 0.15) is 5.75 Å². The van der Waals surface area contributed by atoms with E-state index in [4.69, 9.17) is 10.5 Å². The summed E-state index contributed by atoms with van der Waals surface area (Å²) < 4.78 is 5.23. The van der Waals surface area contributed by atoms with Gasteiger partial charge in [-0.15, -0.1) is 6.58 Å². The Hall–Kier alpha value is -1.32. The molecule has 20 heavy (non-hydrogen) atoms. The quantitative estimate of drug-likeness (QED) is 0.741. The molecule has 1 aromatic rings. The summed E-state index contributed by atoms with van der Waals surface area (Å²) in [6, 6.07) is 8.35. The second-order valence-corrected chi connectivity index (χ2v) is 5.53. The number of nitrogens with zero attached hydrogens (tertiary/aromatic N) is 1. The number of hydrogen-bond acceptors (Lipinski definition) is 3. The third-order valence-corrected chi connectivity index (χ3v) is 3.89. The SMILES string of the molecule is C=CCC(N)(c1ccc(OC)cc1)C(CCC)N(C)C. The Bertz CT molecular complexity index is 414. The molecule has 0 radical (unpaired) electrons. The molecule has 0 saturated carbocycles. The molecular formula is C17H28N2O. The van der Waals surface area contributed by atoms with E-state index in [0.29, 0.717) is 0 Å². The van der Waals surface area contributed by atoms with Crippen molar-refractivity contribution in [3.63, 3.8) is 0 Å². The third kappa shape index (κ3) is 3.62. The number of nitrogens with two attached hydrogens (primary N) is 1. The highest BCUT2D eigenvalue weighted by atomic mass is 16.5. The standard InChI is InChI=1S/C17H28N2O/c1-6-8-16(19(3)4)17(18,13-7-2)14-9-11-15(20-5)12-10-14/h7,9-12,16H,2,6,8,13,18H2,1,3-5H3. The van der Waals surface area contributed by atoms with Crippen LogP contribution in [-0.2, 0) is 5.54 Å². The van der Waals surface area contributed by atoms with Crippen molar-refractivity contribution in [2.24, 2.45) is 5.73 Å². The molecule has 0 aliphatic carbocycles. The molecule has 3 heteroatoms. The summed E-state index contributed by atoms with van der Waals surface area (Å²) in [5.41, 5.74) is 7.51. The molecule has 0 aliphatic rings. The topological polar surface area (TPSA) is 38.5 Å². The van der Waals surface area contributed by atoms with Crippen LogP contribution in [0.4, 0.5) is 0 Å². The summed E-state index contributed by atoms with van der Waals surface area (Å²) in [4.78, 5) is 2.22. The minimum absolute atomic E-state index is 0.277. The van der Waals surface area contributed by atoms with Crippen molar-refractivity contribution >= 4 is 0 Å². The van der Waals surface area contributed by atoms with Gasteiger partial charge in [-0.25, -0.2) is 0 Å². The van der Waals surface area contributed by atoms with Crippen molar-refractivity contribution in [3.05, 3.63) is 42.5 Å². The van der Waals surface area contributed by atoms with Crippen LogP contribution in [0.1, 0.15) is 31.7 Å². The van der Waals surface area contributed by atoms with Crippen LogP contribution in [0.15, 0.2) is 36.9 Å². The largest absolute Gasteiger partial charge is 0.497 e. The van der Waals surface area contributed by atoms with Crippen LogP contribution in [0, 0.1) is 0 Å². The Labute approximate surface area is 123 Å². The lowest BCUT2D eigenvalue weighted by atomic mass is 9.78. The fourth-order valence-electron chi connectivity index (χ4n) is 2.84. The fourth-order valence-corrected chi connectivity index (χ4v) is 2.84. The van der Waals surface area contributed by atoms with Crippen LogP contribution >= 0.6 is 0 Å². The lowest BCUT2D eigenvalue weighted by Gasteiger charge is -2.41. The highest BCUT2D eigenvalue weighted by Crippen LogP contribution is 2.32. The maximum Gasteiger partial charge on any atom is 0.118 e. The predicted molar refractivity (Wildman–Crippen MR) is 86.1 cm³/mol. The molecule has 1 aromatic carbocycles. The molecule has 0 amide bonds.